The fourth-order valence-corrected chi connectivity index (χ4v) is 3.05. The summed E-state index contributed by atoms with van der Waals surface area (Å²) < 4.78 is 5.82. The van der Waals surface area contributed by atoms with Crippen molar-refractivity contribution >= 4 is 5.97 Å². The first-order valence-electron chi connectivity index (χ1n) is 8.01. The minimum Gasteiger partial charge on any atom is -0.469 e. The van der Waals surface area contributed by atoms with Gasteiger partial charge in [-0.25, -0.2) is 0 Å². The monoisotopic (exact) mass is 293 g/mol. The van der Waals surface area contributed by atoms with Crippen molar-refractivity contribution in [2.45, 2.75) is 19.8 Å². The molecule has 2 aliphatic rings. The summed E-state index contributed by atoms with van der Waals surface area (Å²) in [6.07, 6.45) is 8.72. The van der Waals surface area contributed by atoms with E-state index in [1.807, 2.05) is 0 Å². The minimum atomic E-state index is -0.107. The maximum Gasteiger partial charge on any atom is 0.306 e. The molecule has 0 aromatic heterocycles. The number of nitrogens with zero attached hydrogens (tertiary/aromatic N) is 2. The molecule has 4 heteroatoms. The normalized spacial score (nSPS) is 25.5. The molecular weight excluding hydrogens is 264 g/mol. The van der Waals surface area contributed by atoms with Crippen molar-refractivity contribution in [2.75, 3.05) is 53.4 Å². The summed E-state index contributed by atoms with van der Waals surface area (Å²) in [4.78, 5) is 13.6. The van der Waals surface area contributed by atoms with Gasteiger partial charge >= 0.3 is 5.97 Å². The van der Waals surface area contributed by atoms with E-state index < -0.39 is 0 Å². The molecule has 21 heavy (non-hydrogen) atoms. The van der Waals surface area contributed by atoms with Crippen LogP contribution in [0.25, 0.3) is 0 Å². The van der Waals surface area contributed by atoms with Crippen molar-refractivity contribution in [3.05, 3.63) is 23.8 Å². The first-order valence-corrected chi connectivity index (χ1v) is 8.01. The summed E-state index contributed by atoms with van der Waals surface area (Å²) >= 11 is 0. The summed E-state index contributed by atoms with van der Waals surface area (Å²) in [7, 11) is 3.81. The summed E-state index contributed by atoms with van der Waals surface area (Å²) in [5.74, 6) is 0.582. The lowest BCUT2D eigenvalue weighted by Crippen LogP contribution is -2.58. The average Bonchev–Trinajstić information content (AvgIpc) is 2.49. The number of esters is 1. The smallest absolute Gasteiger partial charge is 0.306 e. The Labute approximate surface area is 128 Å². The third kappa shape index (κ3) is 4.97. The molecular formula is C17H29N2O2+. The van der Waals surface area contributed by atoms with E-state index in [0.717, 1.165) is 43.8 Å². The van der Waals surface area contributed by atoms with E-state index in [1.165, 1.54) is 19.1 Å². The van der Waals surface area contributed by atoms with Crippen molar-refractivity contribution in [1.29, 1.82) is 0 Å². The molecule has 0 radical (unpaired) electrons. The van der Waals surface area contributed by atoms with E-state index in [2.05, 4.69) is 37.1 Å². The predicted octanol–water partition coefficient (Wildman–Crippen LogP) is 1.83. The predicted molar refractivity (Wildman–Crippen MR) is 84.9 cm³/mol. The molecule has 1 fully saturated rings. The Morgan fingerprint density at radius 1 is 1.43 bits per heavy atom. The maximum absolute atomic E-state index is 11.2. The Kier molecular flexibility index (Phi) is 5.59. The van der Waals surface area contributed by atoms with E-state index in [-0.39, 0.29) is 5.97 Å². The van der Waals surface area contributed by atoms with E-state index >= 15 is 0 Å². The maximum atomic E-state index is 11.2. The van der Waals surface area contributed by atoms with Gasteiger partial charge in [0.1, 0.15) is 6.54 Å². The van der Waals surface area contributed by atoms with Gasteiger partial charge in [-0.2, -0.15) is 0 Å². The van der Waals surface area contributed by atoms with Gasteiger partial charge in [-0.05, 0) is 12.3 Å². The molecule has 1 unspecified atom stereocenters. The quantitative estimate of drug-likeness (QED) is 0.572. The van der Waals surface area contributed by atoms with Gasteiger partial charge in [0.25, 0.3) is 0 Å². The Morgan fingerprint density at radius 3 is 2.71 bits per heavy atom. The van der Waals surface area contributed by atoms with Crippen molar-refractivity contribution in [3.8, 4) is 0 Å². The molecule has 1 aliphatic heterocycles. The molecule has 0 aromatic rings. The van der Waals surface area contributed by atoms with E-state index in [0.29, 0.717) is 12.3 Å². The Hall–Kier alpha value is -1.13. The van der Waals surface area contributed by atoms with Crippen LogP contribution in [-0.2, 0) is 9.53 Å². The highest BCUT2D eigenvalue weighted by molar-refractivity contribution is 5.69. The number of piperazine rings is 1. The van der Waals surface area contributed by atoms with Gasteiger partial charge in [-0.15, -0.1) is 0 Å². The number of hydrogen-bond donors (Lipinski definition) is 0. The molecule has 118 valence electrons. The zero-order valence-electron chi connectivity index (χ0n) is 13.7. The molecule has 0 amide bonds. The Bertz CT molecular complexity index is 421. The number of rotatable bonds is 5. The highest BCUT2D eigenvalue weighted by Gasteiger charge is 2.29. The zero-order valence-corrected chi connectivity index (χ0v) is 13.7. The van der Waals surface area contributed by atoms with Crippen LogP contribution in [0.2, 0.25) is 0 Å². The van der Waals surface area contributed by atoms with Crippen molar-refractivity contribution in [3.63, 3.8) is 0 Å². The molecule has 1 aliphatic carbocycles. The van der Waals surface area contributed by atoms with Crippen molar-refractivity contribution in [1.82, 2.24) is 4.90 Å². The van der Waals surface area contributed by atoms with Crippen molar-refractivity contribution in [2.24, 2.45) is 5.92 Å². The molecule has 0 N–H and O–H groups in total. The first kappa shape index (κ1) is 16.2. The standard InChI is InChI=1S/C17H29N2O2/c1-15-4-6-16(7-5-15)14-19(2)12-10-18(11-13-19)9-8-17(20)21-3/h4,6-7,15H,5,8-14H2,1-3H3/q+1. The first-order chi connectivity index (χ1) is 10.0. The SMILES string of the molecule is COC(=O)CCN1CC[N+](C)(CC2=CCC(C)C=C2)CC1. The largest absolute Gasteiger partial charge is 0.469 e. The van der Waals surface area contributed by atoms with Gasteiger partial charge in [-0.1, -0.05) is 25.2 Å². The number of carbonyl (C=O) groups excluding carboxylic acids is 1. The summed E-state index contributed by atoms with van der Waals surface area (Å²) in [6, 6.07) is 0. The number of methoxy groups -OCH3 is 1. The number of allylic oxidation sites excluding steroid dienone is 2. The van der Waals surface area contributed by atoms with Crippen molar-refractivity contribution < 1.29 is 14.0 Å². The van der Waals surface area contributed by atoms with Gasteiger partial charge in [0.2, 0.25) is 0 Å². The van der Waals surface area contributed by atoms with Gasteiger partial charge < -0.3 is 9.22 Å². The van der Waals surface area contributed by atoms with Crippen LogP contribution in [0.3, 0.4) is 0 Å². The second-order valence-corrected chi connectivity index (χ2v) is 6.74. The number of ether oxygens (including phenoxy) is 1. The Balaban J connectivity index is 1.77. The Morgan fingerprint density at radius 2 is 2.14 bits per heavy atom. The fourth-order valence-electron chi connectivity index (χ4n) is 3.05. The molecule has 0 aromatic carbocycles. The molecule has 1 saturated heterocycles. The number of quaternary nitrogens is 1. The second-order valence-electron chi connectivity index (χ2n) is 6.74. The summed E-state index contributed by atoms with van der Waals surface area (Å²) in [5, 5.41) is 0. The molecule has 1 atom stereocenters. The number of likely N-dealkylation sites (N-methyl/N-ethyl adjacent to an activating group) is 1. The topological polar surface area (TPSA) is 29.5 Å². The van der Waals surface area contributed by atoms with Gasteiger partial charge in [0.05, 0.1) is 33.7 Å². The lowest BCUT2D eigenvalue weighted by Gasteiger charge is -2.42. The molecule has 0 bridgehead atoms. The second kappa shape index (κ2) is 7.23. The van der Waals surface area contributed by atoms with Crippen LogP contribution in [-0.4, -0.2) is 68.8 Å². The lowest BCUT2D eigenvalue weighted by molar-refractivity contribution is -0.909. The van der Waals surface area contributed by atoms with Gasteiger partial charge in [-0.3, -0.25) is 9.69 Å². The van der Waals surface area contributed by atoms with Crippen LogP contribution >= 0.6 is 0 Å². The minimum absolute atomic E-state index is 0.107. The van der Waals surface area contributed by atoms with Crippen LogP contribution in [0.4, 0.5) is 0 Å². The molecule has 0 spiro atoms. The molecule has 0 saturated carbocycles. The van der Waals surface area contributed by atoms with Crippen LogP contribution in [0.15, 0.2) is 23.8 Å². The molecule has 1 heterocycles. The van der Waals surface area contributed by atoms with Crippen LogP contribution in [0.1, 0.15) is 19.8 Å². The van der Waals surface area contributed by atoms with E-state index in [1.54, 1.807) is 0 Å². The lowest BCUT2D eigenvalue weighted by atomic mass is 9.97. The highest BCUT2D eigenvalue weighted by Crippen LogP contribution is 2.20. The highest BCUT2D eigenvalue weighted by atomic mass is 16.5. The summed E-state index contributed by atoms with van der Waals surface area (Å²) in [6.45, 7) is 8.67. The van der Waals surface area contributed by atoms with Gasteiger partial charge in [0, 0.05) is 25.2 Å². The summed E-state index contributed by atoms with van der Waals surface area (Å²) in [5.41, 5.74) is 1.48. The van der Waals surface area contributed by atoms with Gasteiger partial charge in [0.15, 0.2) is 0 Å². The number of hydrogen-bond acceptors (Lipinski definition) is 3. The molecule has 2 rings (SSSR count). The third-order valence-corrected chi connectivity index (χ3v) is 4.73. The van der Waals surface area contributed by atoms with E-state index in [9.17, 15) is 4.79 Å². The van der Waals surface area contributed by atoms with Crippen LogP contribution in [0, 0.1) is 5.92 Å². The van der Waals surface area contributed by atoms with Crippen LogP contribution < -0.4 is 0 Å². The molecule has 4 nitrogen and oxygen atoms in total. The number of carbonyl (C=O) groups is 1. The van der Waals surface area contributed by atoms with E-state index in [4.69, 9.17) is 4.74 Å². The zero-order chi connectivity index (χ0) is 15.3. The van der Waals surface area contributed by atoms with Crippen LogP contribution in [0.5, 0.6) is 0 Å². The third-order valence-electron chi connectivity index (χ3n) is 4.73. The average molecular weight is 293 g/mol. The fraction of sp³-hybridized carbons (Fsp3) is 0.706.